The van der Waals surface area contributed by atoms with Crippen LogP contribution >= 0.6 is 23.2 Å². The molecule has 106 valence electrons. The summed E-state index contributed by atoms with van der Waals surface area (Å²) in [5, 5.41) is 5.37. The molecule has 0 bridgehead atoms. The molecule has 0 fully saturated rings. The normalized spacial score (nSPS) is 12.4. The molecule has 2 rings (SSSR count). The highest BCUT2D eigenvalue weighted by atomic mass is 35.5. The quantitative estimate of drug-likeness (QED) is 0.790. The van der Waals surface area contributed by atoms with Crippen molar-refractivity contribution in [3.8, 4) is 5.69 Å². The third-order valence-corrected chi connectivity index (χ3v) is 3.69. The third-order valence-electron chi connectivity index (χ3n) is 2.95. The van der Waals surface area contributed by atoms with Crippen LogP contribution in [0.4, 0.5) is 0 Å². The van der Waals surface area contributed by atoms with Gasteiger partial charge in [0.15, 0.2) is 6.29 Å². The van der Waals surface area contributed by atoms with Gasteiger partial charge in [0.05, 0.1) is 33.6 Å². The zero-order valence-corrected chi connectivity index (χ0v) is 12.6. The van der Waals surface area contributed by atoms with Crippen LogP contribution in [0.5, 0.6) is 0 Å². The van der Waals surface area contributed by atoms with Crippen molar-refractivity contribution in [2.75, 3.05) is 13.7 Å². The molecule has 0 aliphatic rings. The number of carbonyl (C=O) groups is 1. The summed E-state index contributed by atoms with van der Waals surface area (Å²) in [6.07, 6.45) is 2.47. The Kier molecular flexibility index (Phi) is 4.81. The lowest BCUT2D eigenvalue weighted by Crippen LogP contribution is -2.05. The van der Waals surface area contributed by atoms with Crippen LogP contribution in [0.2, 0.25) is 10.0 Å². The number of methoxy groups -OCH3 is 1. The van der Waals surface area contributed by atoms with Gasteiger partial charge in [0.25, 0.3) is 0 Å². The molecule has 0 amide bonds. The van der Waals surface area contributed by atoms with Gasteiger partial charge in [0.2, 0.25) is 0 Å². The summed E-state index contributed by atoms with van der Waals surface area (Å²) in [4.78, 5) is 11.2. The van der Waals surface area contributed by atoms with Crippen molar-refractivity contribution in [2.24, 2.45) is 0 Å². The van der Waals surface area contributed by atoms with E-state index in [1.165, 1.54) is 0 Å². The first-order valence-electron chi connectivity index (χ1n) is 6.06. The van der Waals surface area contributed by atoms with Gasteiger partial charge in [-0.25, -0.2) is 4.68 Å². The highest BCUT2D eigenvalue weighted by Crippen LogP contribution is 2.25. The largest absolute Gasteiger partial charge is 0.384 e. The number of halogens is 2. The van der Waals surface area contributed by atoms with E-state index in [1.807, 2.05) is 6.92 Å². The van der Waals surface area contributed by atoms with Crippen LogP contribution in [0.15, 0.2) is 24.4 Å². The van der Waals surface area contributed by atoms with E-state index in [4.69, 9.17) is 27.9 Å². The minimum atomic E-state index is 0.0317. The molecule has 1 unspecified atom stereocenters. The molecule has 6 heteroatoms. The van der Waals surface area contributed by atoms with Crippen molar-refractivity contribution in [3.05, 3.63) is 45.7 Å². The Bertz CT molecular complexity index is 626. The standard InChI is InChI=1S/C14H14Cl2N2O2/c1-9(8-20-2)14-10(7-19)6-18(17-14)11-3-4-12(15)13(16)5-11/h3-7,9H,8H2,1-2H3. The van der Waals surface area contributed by atoms with Crippen LogP contribution in [-0.4, -0.2) is 29.8 Å². The van der Waals surface area contributed by atoms with E-state index in [-0.39, 0.29) is 5.92 Å². The number of hydrogen-bond acceptors (Lipinski definition) is 3. The zero-order valence-electron chi connectivity index (χ0n) is 11.1. The SMILES string of the molecule is COCC(C)c1nn(-c2ccc(Cl)c(Cl)c2)cc1C=O. The van der Waals surface area contributed by atoms with E-state index in [0.29, 0.717) is 27.9 Å². The van der Waals surface area contributed by atoms with Crippen molar-refractivity contribution >= 4 is 29.5 Å². The first-order chi connectivity index (χ1) is 9.56. The lowest BCUT2D eigenvalue weighted by Gasteiger charge is -2.07. The highest BCUT2D eigenvalue weighted by Gasteiger charge is 2.16. The summed E-state index contributed by atoms with van der Waals surface area (Å²) in [6, 6.07) is 5.19. The average Bonchev–Trinajstić information content (AvgIpc) is 2.86. The predicted octanol–water partition coefficient (Wildman–Crippen LogP) is 3.74. The Morgan fingerprint density at radius 1 is 1.40 bits per heavy atom. The van der Waals surface area contributed by atoms with Crippen molar-refractivity contribution < 1.29 is 9.53 Å². The van der Waals surface area contributed by atoms with Crippen LogP contribution in [-0.2, 0) is 4.74 Å². The van der Waals surface area contributed by atoms with Gasteiger partial charge in [0, 0.05) is 19.2 Å². The molecule has 0 saturated carbocycles. The summed E-state index contributed by atoms with van der Waals surface area (Å²) in [7, 11) is 1.62. The maximum Gasteiger partial charge on any atom is 0.153 e. The number of aldehydes is 1. The second-order valence-corrected chi connectivity index (χ2v) is 5.30. The van der Waals surface area contributed by atoms with Gasteiger partial charge in [-0.2, -0.15) is 5.10 Å². The molecular formula is C14H14Cl2N2O2. The molecule has 1 aromatic carbocycles. The number of nitrogens with zero attached hydrogens (tertiary/aromatic N) is 2. The minimum Gasteiger partial charge on any atom is -0.384 e. The maximum absolute atomic E-state index is 11.2. The topological polar surface area (TPSA) is 44.1 Å². The number of hydrogen-bond donors (Lipinski definition) is 0. The predicted molar refractivity (Wildman–Crippen MR) is 79.3 cm³/mol. The van der Waals surface area contributed by atoms with Crippen molar-refractivity contribution in [2.45, 2.75) is 12.8 Å². The second-order valence-electron chi connectivity index (χ2n) is 4.49. The van der Waals surface area contributed by atoms with Gasteiger partial charge in [-0.15, -0.1) is 0 Å². The smallest absolute Gasteiger partial charge is 0.153 e. The van der Waals surface area contributed by atoms with E-state index in [0.717, 1.165) is 12.0 Å². The minimum absolute atomic E-state index is 0.0317. The van der Waals surface area contributed by atoms with E-state index >= 15 is 0 Å². The monoisotopic (exact) mass is 312 g/mol. The molecule has 0 aliphatic carbocycles. The fraction of sp³-hybridized carbons (Fsp3) is 0.286. The zero-order chi connectivity index (χ0) is 14.7. The summed E-state index contributed by atoms with van der Waals surface area (Å²) < 4.78 is 6.72. The van der Waals surface area contributed by atoms with Crippen molar-refractivity contribution in [3.63, 3.8) is 0 Å². The lowest BCUT2D eigenvalue weighted by atomic mass is 10.1. The molecular weight excluding hydrogens is 299 g/mol. The molecule has 20 heavy (non-hydrogen) atoms. The molecule has 4 nitrogen and oxygen atoms in total. The first kappa shape index (κ1) is 15.0. The average molecular weight is 313 g/mol. The molecule has 2 aromatic rings. The van der Waals surface area contributed by atoms with Crippen molar-refractivity contribution in [1.82, 2.24) is 9.78 Å². The Labute approximate surface area is 127 Å². The number of benzene rings is 1. The van der Waals surface area contributed by atoms with Crippen LogP contribution in [0.3, 0.4) is 0 Å². The highest BCUT2D eigenvalue weighted by molar-refractivity contribution is 6.42. The lowest BCUT2D eigenvalue weighted by molar-refractivity contribution is 0.112. The van der Waals surface area contributed by atoms with E-state index < -0.39 is 0 Å². The molecule has 0 spiro atoms. The van der Waals surface area contributed by atoms with Gasteiger partial charge >= 0.3 is 0 Å². The van der Waals surface area contributed by atoms with E-state index in [9.17, 15) is 4.79 Å². The number of ether oxygens (including phenoxy) is 1. The Balaban J connectivity index is 2.42. The number of carbonyl (C=O) groups excluding carboxylic acids is 1. The Hall–Kier alpha value is -1.36. The van der Waals surface area contributed by atoms with Gasteiger partial charge in [0.1, 0.15) is 0 Å². The van der Waals surface area contributed by atoms with Gasteiger partial charge in [-0.05, 0) is 18.2 Å². The maximum atomic E-state index is 11.2. The summed E-state index contributed by atoms with van der Waals surface area (Å²) in [5.74, 6) is 0.0317. The molecule has 1 aromatic heterocycles. The van der Waals surface area contributed by atoms with Crippen LogP contribution < -0.4 is 0 Å². The van der Waals surface area contributed by atoms with Gasteiger partial charge < -0.3 is 4.74 Å². The molecule has 1 heterocycles. The molecule has 0 radical (unpaired) electrons. The van der Waals surface area contributed by atoms with Gasteiger partial charge in [-0.1, -0.05) is 30.1 Å². The second kappa shape index (κ2) is 6.39. The Morgan fingerprint density at radius 2 is 2.15 bits per heavy atom. The summed E-state index contributed by atoms with van der Waals surface area (Å²) in [6.45, 7) is 2.46. The van der Waals surface area contributed by atoms with Crippen LogP contribution in [0, 0.1) is 0 Å². The molecule has 1 atom stereocenters. The van der Waals surface area contributed by atoms with Crippen LogP contribution in [0.25, 0.3) is 5.69 Å². The molecule has 0 aliphatic heterocycles. The summed E-state index contributed by atoms with van der Waals surface area (Å²) in [5.41, 5.74) is 1.99. The first-order valence-corrected chi connectivity index (χ1v) is 6.81. The fourth-order valence-electron chi connectivity index (χ4n) is 1.96. The third kappa shape index (κ3) is 3.03. The molecule has 0 N–H and O–H groups in total. The number of aromatic nitrogens is 2. The van der Waals surface area contributed by atoms with Crippen molar-refractivity contribution in [1.29, 1.82) is 0 Å². The van der Waals surface area contributed by atoms with Crippen LogP contribution in [0.1, 0.15) is 28.9 Å². The Morgan fingerprint density at radius 3 is 2.75 bits per heavy atom. The number of rotatable bonds is 5. The van der Waals surface area contributed by atoms with Gasteiger partial charge in [-0.3, -0.25) is 4.79 Å². The van der Waals surface area contributed by atoms with E-state index in [1.54, 1.807) is 36.2 Å². The summed E-state index contributed by atoms with van der Waals surface area (Å²) >= 11 is 11.9. The van der Waals surface area contributed by atoms with E-state index in [2.05, 4.69) is 5.10 Å². The fourth-order valence-corrected chi connectivity index (χ4v) is 2.26. The molecule has 0 saturated heterocycles.